The number of hydrogen-bond donors (Lipinski definition) is 1. The van der Waals surface area contributed by atoms with E-state index in [1.807, 2.05) is 12.1 Å². The normalized spacial score (nSPS) is 22.8. The first-order valence-corrected chi connectivity index (χ1v) is 8.80. The van der Waals surface area contributed by atoms with Gasteiger partial charge in [-0.25, -0.2) is 4.98 Å². The number of rotatable bonds is 3. The number of piperidine rings is 1. The quantitative estimate of drug-likeness (QED) is 0.835. The molecule has 1 spiro atoms. The number of hydrogen-bond acceptors (Lipinski definition) is 6. The second kappa shape index (κ2) is 7.70. The summed E-state index contributed by atoms with van der Waals surface area (Å²) in [5.41, 5.74) is -0.0500. The lowest BCUT2D eigenvalue weighted by atomic mass is 9.90. The summed E-state index contributed by atoms with van der Waals surface area (Å²) in [4.78, 5) is 31.7. The smallest absolute Gasteiger partial charge is 0.242 e. The first kappa shape index (κ1) is 18.1. The molecule has 0 saturated carbocycles. The zero-order valence-corrected chi connectivity index (χ0v) is 14.9. The third-order valence-electron chi connectivity index (χ3n) is 4.80. The van der Waals surface area contributed by atoms with Gasteiger partial charge in [0.05, 0.1) is 26.2 Å². The summed E-state index contributed by atoms with van der Waals surface area (Å²) in [6.45, 7) is 4.38. The Bertz CT molecular complexity index is 728. The Morgan fingerprint density at radius 1 is 1.38 bits per heavy atom. The first-order valence-electron chi connectivity index (χ1n) is 8.80. The van der Waals surface area contributed by atoms with Gasteiger partial charge < -0.3 is 19.9 Å². The predicted molar refractivity (Wildman–Crippen MR) is 94.3 cm³/mol. The second-order valence-corrected chi connectivity index (χ2v) is 6.77. The molecule has 1 atom stereocenters. The van der Waals surface area contributed by atoms with Gasteiger partial charge in [0.15, 0.2) is 0 Å². The summed E-state index contributed by atoms with van der Waals surface area (Å²) in [7, 11) is 0. The standard InChI is InChI=1S/C18H23N5O3/c1-14(24)20-11-17(25)23-8-9-26-18(13-23)6-3-7-22(12-18)16-5-2-4-15(10-19)21-16/h2,4-5H,3,6-9,11-13H2,1H3,(H,20,24). The number of nitrogens with one attached hydrogen (secondary N) is 1. The van der Waals surface area contributed by atoms with Gasteiger partial charge in [-0.05, 0) is 25.0 Å². The highest BCUT2D eigenvalue weighted by Gasteiger charge is 2.42. The van der Waals surface area contributed by atoms with Gasteiger partial charge in [0.2, 0.25) is 11.8 Å². The molecule has 26 heavy (non-hydrogen) atoms. The number of aromatic nitrogens is 1. The topological polar surface area (TPSA) is 98.6 Å². The summed E-state index contributed by atoms with van der Waals surface area (Å²) in [6, 6.07) is 7.47. The Morgan fingerprint density at radius 2 is 2.23 bits per heavy atom. The van der Waals surface area contributed by atoms with Gasteiger partial charge in [-0.2, -0.15) is 5.26 Å². The zero-order chi connectivity index (χ0) is 18.6. The Labute approximate surface area is 152 Å². The van der Waals surface area contributed by atoms with Crippen molar-refractivity contribution in [1.29, 1.82) is 5.26 Å². The minimum absolute atomic E-state index is 0.0148. The molecular weight excluding hydrogens is 334 g/mol. The van der Waals surface area contributed by atoms with Crippen LogP contribution >= 0.6 is 0 Å². The van der Waals surface area contributed by atoms with E-state index in [2.05, 4.69) is 21.3 Å². The highest BCUT2D eigenvalue weighted by molar-refractivity contribution is 5.83. The maximum absolute atomic E-state index is 12.4. The van der Waals surface area contributed by atoms with Crippen LogP contribution in [0.25, 0.3) is 0 Å². The van der Waals surface area contributed by atoms with Crippen molar-refractivity contribution in [2.45, 2.75) is 25.4 Å². The number of pyridine rings is 1. The van der Waals surface area contributed by atoms with Crippen LogP contribution < -0.4 is 10.2 Å². The third-order valence-corrected chi connectivity index (χ3v) is 4.80. The Morgan fingerprint density at radius 3 is 3.00 bits per heavy atom. The highest BCUT2D eigenvalue weighted by Crippen LogP contribution is 2.31. The van der Waals surface area contributed by atoms with Gasteiger partial charge in [-0.15, -0.1) is 0 Å². The van der Waals surface area contributed by atoms with Gasteiger partial charge in [0.25, 0.3) is 0 Å². The number of ether oxygens (including phenoxy) is 1. The molecule has 2 saturated heterocycles. The van der Waals surface area contributed by atoms with Gasteiger partial charge in [0, 0.05) is 20.0 Å². The van der Waals surface area contributed by atoms with Crippen molar-refractivity contribution in [3.05, 3.63) is 23.9 Å². The van der Waals surface area contributed by atoms with E-state index in [4.69, 9.17) is 10.00 Å². The van der Waals surface area contributed by atoms with Crippen molar-refractivity contribution in [2.24, 2.45) is 0 Å². The molecule has 138 valence electrons. The van der Waals surface area contributed by atoms with Crippen LogP contribution in [0.15, 0.2) is 18.2 Å². The van der Waals surface area contributed by atoms with E-state index < -0.39 is 5.60 Å². The molecule has 2 aliphatic heterocycles. The number of amides is 2. The van der Waals surface area contributed by atoms with Gasteiger partial charge in [-0.3, -0.25) is 9.59 Å². The van der Waals surface area contributed by atoms with E-state index in [9.17, 15) is 9.59 Å². The molecule has 0 bridgehead atoms. The van der Waals surface area contributed by atoms with Crippen LogP contribution in [0, 0.1) is 11.3 Å². The number of anilines is 1. The Hall–Kier alpha value is -2.66. The molecule has 0 radical (unpaired) electrons. The molecule has 3 heterocycles. The van der Waals surface area contributed by atoms with Crippen LogP contribution in [0.5, 0.6) is 0 Å². The Balaban J connectivity index is 1.69. The van der Waals surface area contributed by atoms with Crippen molar-refractivity contribution in [3.8, 4) is 6.07 Å². The number of carbonyl (C=O) groups is 2. The highest BCUT2D eigenvalue weighted by atomic mass is 16.5. The van der Waals surface area contributed by atoms with Crippen molar-refractivity contribution in [2.75, 3.05) is 44.2 Å². The van der Waals surface area contributed by atoms with E-state index in [1.54, 1.807) is 11.0 Å². The lowest BCUT2D eigenvalue weighted by Gasteiger charge is -2.48. The SMILES string of the molecule is CC(=O)NCC(=O)N1CCOC2(CCCN(c3cccc(C#N)n3)C2)C1. The minimum Gasteiger partial charge on any atom is -0.369 e. The first-order chi connectivity index (χ1) is 12.5. The van der Waals surface area contributed by atoms with E-state index in [1.165, 1.54) is 6.92 Å². The molecule has 1 aromatic heterocycles. The van der Waals surface area contributed by atoms with Gasteiger partial charge in [-0.1, -0.05) is 6.07 Å². The monoisotopic (exact) mass is 357 g/mol. The van der Waals surface area contributed by atoms with Crippen LogP contribution in [0.1, 0.15) is 25.5 Å². The molecule has 1 unspecified atom stereocenters. The molecule has 2 amide bonds. The van der Waals surface area contributed by atoms with Crippen molar-refractivity contribution >= 4 is 17.6 Å². The zero-order valence-electron chi connectivity index (χ0n) is 14.9. The molecule has 2 aliphatic rings. The van der Waals surface area contributed by atoms with Crippen LogP contribution in [0.4, 0.5) is 5.82 Å². The molecule has 1 aromatic rings. The third kappa shape index (κ3) is 4.11. The van der Waals surface area contributed by atoms with E-state index in [0.29, 0.717) is 31.9 Å². The average molecular weight is 357 g/mol. The molecule has 3 rings (SSSR count). The molecule has 0 aliphatic carbocycles. The molecule has 1 N–H and O–H groups in total. The van der Waals surface area contributed by atoms with E-state index in [0.717, 1.165) is 25.2 Å². The van der Waals surface area contributed by atoms with Crippen LogP contribution in [0.3, 0.4) is 0 Å². The number of morpholine rings is 1. The maximum atomic E-state index is 12.4. The van der Waals surface area contributed by atoms with Crippen molar-refractivity contribution in [3.63, 3.8) is 0 Å². The van der Waals surface area contributed by atoms with Gasteiger partial charge >= 0.3 is 0 Å². The van der Waals surface area contributed by atoms with Crippen LogP contribution in [-0.4, -0.2) is 66.6 Å². The maximum Gasteiger partial charge on any atom is 0.242 e. The fraction of sp³-hybridized carbons (Fsp3) is 0.556. The fourth-order valence-corrected chi connectivity index (χ4v) is 3.57. The molecule has 2 fully saturated rings. The largest absolute Gasteiger partial charge is 0.369 e. The molecular formula is C18H23N5O3. The van der Waals surface area contributed by atoms with Crippen LogP contribution in [0.2, 0.25) is 0 Å². The summed E-state index contributed by atoms with van der Waals surface area (Å²) in [6.07, 6.45) is 1.79. The lowest BCUT2D eigenvalue weighted by molar-refractivity contribution is -0.151. The summed E-state index contributed by atoms with van der Waals surface area (Å²) in [5.74, 6) is 0.451. The Kier molecular flexibility index (Phi) is 5.38. The number of nitrogens with zero attached hydrogens (tertiary/aromatic N) is 4. The summed E-state index contributed by atoms with van der Waals surface area (Å²) >= 11 is 0. The molecule has 0 aromatic carbocycles. The van der Waals surface area contributed by atoms with Crippen LogP contribution in [-0.2, 0) is 14.3 Å². The van der Waals surface area contributed by atoms with Gasteiger partial charge in [0.1, 0.15) is 23.2 Å². The minimum atomic E-state index is -0.438. The second-order valence-electron chi connectivity index (χ2n) is 6.77. The fourth-order valence-electron chi connectivity index (χ4n) is 3.57. The molecule has 8 nitrogen and oxygen atoms in total. The van der Waals surface area contributed by atoms with Crippen molar-refractivity contribution in [1.82, 2.24) is 15.2 Å². The van der Waals surface area contributed by atoms with Crippen molar-refractivity contribution < 1.29 is 14.3 Å². The predicted octanol–water partition coefficient (Wildman–Crippen LogP) is 0.287. The average Bonchev–Trinajstić information content (AvgIpc) is 2.66. The summed E-state index contributed by atoms with van der Waals surface area (Å²) in [5, 5.41) is 11.6. The van der Waals surface area contributed by atoms with E-state index in [-0.39, 0.29) is 18.4 Å². The number of carbonyl (C=O) groups excluding carboxylic acids is 2. The number of nitriles is 1. The van der Waals surface area contributed by atoms with E-state index >= 15 is 0 Å². The lowest BCUT2D eigenvalue weighted by Crippen LogP contribution is -2.61. The molecule has 8 heteroatoms. The summed E-state index contributed by atoms with van der Waals surface area (Å²) < 4.78 is 6.11.